The number of anilines is 1. The van der Waals surface area contributed by atoms with Gasteiger partial charge < -0.3 is 19.1 Å². The lowest BCUT2D eigenvalue weighted by Gasteiger charge is -2.36. The van der Waals surface area contributed by atoms with Gasteiger partial charge in [0.15, 0.2) is 11.9 Å². The number of hydrogen-bond donors (Lipinski definition) is 0. The van der Waals surface area contributed by atoms with Crippen LogP contribution in [0.3, 0.4) is 0 Å². The van der Waals surface area contributed by atoms with Gasteiger partial charge in [-0.3, -0.25) is 0 Å². The Balaban J connectivity index is 1.51. The van der Waals surface area contributed by atoms with Crippen molar-refractivity contribution in [1.29, 1.82) is 0 Å². The molecular weight excluding hydrogens is 380 g/mol. The Bertz CT molecular complexity index is 949. The average molecular weight is 411 g/mol. The summed E-state index contributed by atoms with van der Waals surface area (Å²) in [6.07, 6.45) is 9.84. The molecule has 0 aliphatic carbocycles. The highest BCUT2D eigenvalue weighted by atomic mass is 16.5. The van der Waals surface area contributed by atoms with Crippen molar-refractivity contribution < 1.29 is 14.2 Å². The Morgan fingerprint density at radius 1 is 1.03 bits per heavy atom. The van der Waals surface area contributed by atoms with Crippen LogP contribution in [0, 0.1) is 5.92 Å². The van der Waals surface area contributed by atoms with Crippen LogP contribution in [0.1, 0.15) is 50.8 Å². The minimum atomic E-state index is -0.0191. The molecule has 0 N–H and O–H groups in total. The summed E-state index contributed by atoms with van der Waals surface area (Å²) in [6, 6.07) is 3.13. The maximum atomic E-state index is 6.07. The van der Waals surface area contributed by atoms with E-state index in [-0.39, 0.29) is 6.23 Å². The third-order valence-corrected chi connectivity index (χ3v) is 7.12. The fourth-order valence-electron chi connectivity index (χ4n) is 5.57. The Morgan fingerprint density at radius 2 is 1.90 bits per heavy atom. The lowest BCUT2D eigenvalue weighted by molar-refractivity contribution is -0.0370. The normalized spacial score (nSPS) is 31.9. The Kier molecular flexibility index (Phi) is 4.77. The third kappa shape index (κ3) is 3.06. The molecule has 30 heavy (non-hydrogen) atoms. The van der Waals surface area contributed by atoms with Crippen LogP contribution in [0.25, 0.3) is 16.6 Å². The molecule has 0 aromatic carbocycles. The Morgan fingerprint density at radius 3 is 2.67 bits per heavy atom. The van der Waals surface area contributed by atoms with Crippen LogP contribution in [-0.2, 0) is 14.2 Å². The molecular formula is C23H30N4O3. The average Bonchev–Trinajstić information content (AvgIpc) is 3.32. The van der Waals surface area contributed by atoms with E-state index < -0.39 is 0 Å². The van der Waals surface area contributed by atoms with Crippen LogP contribution in [-0.4, -0.2) is 59.9 Å². The number of aromatic nitrogens is 3. The molecule has 4 atom stereocenters. The van der Waals surface area contributed by atoms with Crippen molar-refractivity contribution >= 4 is 22.4 Å². The number of fused-ring (bicyclic) bond motifs is 3. The van der Waals surface area contributed by atoms with Crippen LogP contribution in [0.15, 0.2) is 18.3 Å². The molecule has 2 aromatic rings. The summed E-state index contributed by atoms with van der Waals surface area (Å²) < 4.78 is 19.6. The summed E-state index contributed by atoms with van der Waals surface area (Å²) in [5.41, 5.74) is 3.54. The van der Waals surface area contributed by atoms with Gasteiger partial charge in [-0.15, -0.1) is 0 Å². The molecule has 6 rings (SSSR count). The minimum absolute atomic E-state index is 0.0191. The second-order valence-electron chi connectivity index (χ2n) is 9.10. The molecule has 4 aliphatic heterocycles. The van der Waals surface area contributed by atoms with Crippen molar-refractivity contribution in [3.05, 3.63) is 23.9 Å². The van der Waals surface area contributed by atoms with Gasteiger partial charge in [-0.25, -0.2) is 9.67 Å². The second-order valence-corrected chi connectivity index (χ2v) is 9.10. The van der Waals surface area contributed by atoms with E-state index >= 15 is 0 Å². The van der Waals surface area contributed by atoms with Crippen molar-refractivity contribution in [2.24, 2.45) is 5.92 Å². The van der Waals surface area contributed by atoms with E-state index in [1.54, 1.807) is 0 Å². The maximum absolute atomic E-state index is 6.07. The minimum Gasteiger partial charge on any atom is -0.377 e. The molecule has 2 aromatic heterocycles. The van der Waals surface area contributed by atoms with Crippen LogP contribution >= 0.6 is 0 Å². The number of nitrogens with zero attached hydrogens (tertiary/aromatic N) is 4. The molecule has 4 aliphatic rings. The second kappa shape index (κ2) is 7.62. The Labute approximate surface area is 177 Å². The van der Waals surface area contributed by atoms with E-state index in [0.717, 1.165) is 56.1 Å². The Hall–Kier alpha value is -1.96. The molecule has 0 radical (unpaired) electrons. The first-order valence-electron chi connectivity index (χ1n) is 11.4. The van der Waals surface area contributed by atoms with Crippen LogP contribution in [0.5, 0.6) is 0 Å². The molecule has 6 heterocycles. The van der Waals surface area contributed by atoms with Crippen molar-refractivity contribution in [3.8, 4) is 0 Å². The molecule has 4 unspecified atom stereocenters. The van der Waals surface area contributed by atoms with E-state index in [9.17, 15) is 0 Å². The van der Waals surface area contributed by atoms with Gasteiger partial charge in [0.05, 0.1) is 44.7 Å². The molecule has 3 fully saturated rings. The van der Waals surface area contributed by atoms with Gasteiger partial charge in [0.25, 0.3) is 0 Å². The zero-order valence-corrected chi connectivity index (χ0v) is 17.6. The fraction of sp³-hybridized carbons (Fsp3) is 0.652. The topological polar surface area (TPSA) is 61.6 Å². The molecule has 160 valence electrons. The zero-order valence-electron chi connectivity index (χ0n) is 17.6. The van der Waals surface area contributed by atoms with Gasteiger partial charge in [-0.2, -0.15) is 5.10 Å². The van der Waals surface area contributed by atoms with Crippen molar-refractivity contribution in [1.82, 2.24) is 14.8 Å². The van der Waals surface area contributed by atoms with Gasteiger partial charge in [0, 0.05) is 17.9 Å². The van der Waals surface area contributed by atoms with Crippen molar-refractivity contribution in [2.45, 2.75) is 57.3 Å². The van der Waals surface area contributed by atoms with Crippen LogP contribution in [0.2, 0.25) is 0 Å². The molecule has 0 saturated carbocycles. The molecule has 2 bridgehead atoms. The number of ether oxygens (including phenoxy) is 3. The number of hydrogen-bond acceptors (Lipinski definition) is 6. The highest BCUT2D eigenvalue weighted by Gasteiger charge is 2.39. The zero-order chi connectivity index (χ0) is 20.1. The number of morpholine rings is 1. The van der Waals surface area contributed by atoms with Crippen molar-refractivity contribution in [3.63, 3.8) is 0 Å². The fourth-order valence-corrected chi connectivity index (χ4v) is 5.57. The standard InChI is InChI=1S/C23H30N4O3/c1-15-12-28-9-7-18(15)19-10-21(26-16-5-6-17(26)14-29-13-16)25-23-20(19)11-24-27(23)22-4-2-3-8-30-22/h7,10-11,15-17,22H,2-6,8-9,12-14H2,1H3. The molecule has 7 nitrogen and oxygen atoms in total. The maximum Gasteiger partial charge on any atom is 0.163 e. The predicted octanol–water partition coefficient (Wildman–Crippen LogP) is 3.55. The van der Waals surface area contributed by atoms with E-state index in [0.29, 0.717) is 24.6 Å². The lowest BCUT2D eigenvalue weighted by Crippen LogP contribution is -2.46. The first kappa shape index (κ1) is 18.8. The molecule has 0 spiro atoms. The highest BCUT2D eigenvalue weighted by molar-refractivity contribution is 5.92. The smallest absolute Gasteiger partial charge is 0.163 e. The highest BCUT2D eigenvalue weighted by Crippen LogP contribution is 2.39. The van der Waals surface area contributed by atoms with Crippen molar-refractivity contribution in [2.75, 3.05) is 37.9 Å². The summed E-state index contributed by atoms with van der Waals surface area (Å²) in [4.78, 5) is 7.70. The summed E-state index contributed by atoms with van der Waals surface area (Å²) in [6.45, 7) is 6.05. The number of pyridine rings is 1. The lowest BCUT2D eigenvalue weighted by atomic mass is 9.91. The molecule has 7 heteroatoms. The number of rotatable bonds is 3. The summed E-state index contributed by atoms with van der Waals surface area (Å²) in [7, 11) is 0. The van der Waals surface area contributed by atoms with E-state index in [1.807, 2.05) is 10.9 Å². The summed E-state index contributed by atoms with van der Waals surface area (Å²) in [5.74, 6) is 1.42. The van der Waals surface area contributed by atoms with Gasteiger partial charge >= 0.3 is 0 Å². The first-order chi connectivity index (χ1) is 14.8. The first-order valence-corrected chi connectivity index (χ1v) is 11.4. The van der Waals surface area contributed by atoms with E-state index in [2.05, 4.69) is 24.0 Å². The third-order valence-electron chi connectivity index (χ3n) is 7.12. The van der Waals surface area contributed by atoms with E-state index in [4.69, 9.17) is 24.3 Å². The van der Waals surface area contributed by atoms with Gasteiger partial charge in [-0.1, -0.05) is 13.0 Å². The van der Waals surface area contributed by atoms with Gasteiger partial charge in [0.2, 0.25) is 0 Å². The van der Waals surface area contributed by atoms with Gasteiger partial charge in [-0.05, 0) is 49.3 Å². The van der Waals surface area contributed by atoms with Crippen LogP contribution < -0.4 is 4.90 Å². The van der Waals surface area contributed by atoms with Crippen LogP contribution in [0.4, 0.5) is 5.82 Å². The monoisotopic (exact) mass is 410 g/mol. The largest absolute Gasteiger partial charge is 0.377 e. The molecule has 0 amide bonds. The van der Waals surface area contributed by atoms with Gasteiger partial charge in [0.1, 0.15) is 5.82 Å². The molecule has 3 saturated heterocycles. The summed E-state index contributed by atoms with van der Waals surface area (Å²) >= 11 is 0. The summed E-state index contributed by atoms with van der Waals surface area (Å²) in [5, 5.41) is 5.89. The SMILES string of the molecule is CC1COCC=C1c1cc(N2C3CCC2COC3)nc2c1cnn2C1CCCCO1. The van der Waals surface area contributed by atoms with E-state index in [1.165, 1.54) is 30.4 Å². The quantitative estimate of drug-likeness (QED) is 0.771. The predicted molar refractivity (Wildman–Crippen MR) is 114 cm³/mol.